The lowest BCUT2D eigenvalue weighted by Crippen LogP contribution is -2.30. The maximum Gasteiger partial charge on any atom is 0.311 e. The second-order valence-corrected chi connectivity index (χ2v) is 6.65. The van der Waals surface area contributed by atoms with Gasteiger partial charge >= 0.3 is 5.97 Å². The van der Waals surface area contributed by atoms with Crippen molar-refractivity contribution in [2.75, 3.05) is 13.2 Å². The van der Waals surface area contributed by atoms with Crippen LogP contribution in [0.2, 0.25) is 0 Å². The van der Waals surface area contributed by atoms with Gasteiger partial charge in [0.1, 0.15) is 24.6 Å². The zero-order valence-corrected chi connectivity index (χ0v) is 13.8. The first-order chi connectivity index (χ1) is 10.0. The summed E-state index contributed by atoms with van der Waals surface area (Å²) >= 11 is 0. The van der Waals surface area contributed by atoms with Crippen LogP contribution in [-0.4, -0.2) is 35.7 Å². The van der Waals surface area contributed by atoms with Gasteiger partial charge in [-0.2, -0.15) is 0 Å². The third kappa shape index (κ3) is 5.48. The molecule has 0 saturated heterocycles. The number of ketones is 1. The van der Waals surface area contributed by atoms with Crippen LogP contribution in [0.1, 0.15) is 45.0 Å². The summed E-state index contributed by atoms with van der Waals surface area (Å²) in [5, 5.41) is 9.67. The van der Waals surface area contributed by atoms with Gasteiger partial charge in [0, 0.05) is 5.56 Å². The first-order valence-corrected chi connectivity index (χ1v) is 7.19. The summed E-state index contributed by atoms with van der Waals surface area (Å²) in [6, 6.07) is 6.47. The Hall–Kier alpha value is -1.88. The van der Waals surface area contributed by atoms with Gasteiger partial charge in [-0.15, -0.1) is 0 Å². The lowest BCUT2D eigenvalue weighted by atomic mass is 9.97. The second kappa shape index (κ2) is 6.92. The van der Waals surface area contributed by atoms with Crippen molar-refractivity contribution in [1.82, 2.24) is 0 Å². The maximum absolute atomic E-state index is 11.9. The molecule has 0 aliphatic heterocycles. The van der Waals surface area contributed by atoms with Crippen molar-refractivity contribution in [2.24, 2.45) is 5.41 Å². The van der Waals surface area contributed by atoms with Crippen molar-refractivity contribution >= 4 is 11.8 Å². The highest BCUT2D eigenvalue weighted by molar-refractivity contribution is 6.01. The highest BCUT2D eigenvalue weighted by atomic mass is 16.6. The summed E-state index contributed by atoms with van der Waals surface area (Å²) in [4.78, 5) is 23.4. The van der Waals surface area contributed by atoms with E-state index in [2.05, 4.69) is 0 Å². The van der Waals surface area contributed by atoms with Crippen LogP contribution in [0.25, 0.3) is 0 Å². The molecule has 0 radical (unpaired) electrons. The largest absolute Gasteiger partial charge is 0.490 e. The van der Waals surface area contributed by atoms with E-state index in [-0.39, 0.29) is 25.0 Å². The van der Waals surface area contributed by atoms with Crippen LogP contribution in [0.5, 0.6) is 5.75 Å². The van der Waals surface area contributed by atoms with E-state index >= 15 is 0 Å². The Bertz CT molecular complexity index is 517. The number of hydrogen-bond donors (Lipinski definition) is 1. The molecule has 0 aliphatic rings. The number of rotatable bonds is 6. The van der Waals surface area contributed by atoms with E-state index in [1.54, 1.807) is 45.0 Å². The lowest BCUT2D eigenvalue weighted by molar-refractivity contribution is -0.153. The Kier molecular flexibility index (Phi) is 5.72. The van der Waals surface area contributed by atoms with Crippen LogP contribution in [-0.2, 0) is 9.53 Å². The summed E-state index contributed by atoms with van der Waals surface area (Å²) in [7, 11) is 0. The quantitative estimate of drug-likeness (QED) is 0.497. The van der Waals surface area contributed by atoms with Gasteiger partial charge in [-0.05, 0) is 58.9 Å². The Labute approximate surface area is 131 Å². The smallest absolute Gasteiger partial charge is 0.311 e. The molecule has 0 fully saturated rings. The van der Waals surface area contributed by atoms with Gasteiger partial charge in [0.05, 0.1) is 5.41 Å². The van der Waals surface area contributed by atoms with Crippen molar-refractivity contribution in [3.63, 3.8) is 0 Å². The number of carbonyl (C=O) groups excluding carboxylic acids is 2. The molecule has 1 aromatic carbocycles. The Morgan fingerprint density at radius 3 is 2.00 bits per heavy atom. The molecule has 0 aromatic heterocycles. The van der Waals surface area contributed by atoms with Crippen molar-refractivity contribution in [3.8, 4) is 5.75 Å². The third-order valence-corrected chi connectivity index (χ3v) is 2.87. The number of aliphatic hydroxyl groups is 1. The SMILES string of the molecule is CC(C)(C)C(=O)OCCOc1ccc(C(=O)C(C)(C)O)cc1. The van der Waals surface area contributed by atoms with Gasteiger partial charge in [-0.1, -0.05) is 0 Å². The van der Waals surface area contributed by atoms with E-state index in [0.717, 1.165) is 0 Å². The molecule has 1 N–H and O–H groups in total. The van der Waals surface area contributed by atoms with Gasteiger partial charge in [0.15, 0.2) is 5.78 Å². The average molecular weight is 308 g/mol. The van der Waals surface area contributed by atoms with Crippen molar-refractivity contribution in [2.45, 2.75) is 40.2 Å². The molecular formula is C17H24O5. The molecule has 22 heavy (non-hydrogen) atoms. The number of esters is 1. The molecule has 0 amide bonds. The highest BCUT2D eigenvalue weighted by Crippen LogP contribution is 2.17. The number of hydrogen-bond acceptors (Lipinski definition) is 5. The van der Waals surface area contributed by atoms with Crippen molar-refractivity contribution in [3.05, 3.63) is 29.8 Å². The summed E-state index contributed by atoms with van der Waals surface area (Å²) in [5.74, 6) is -0.0560. The first kappa shape index (κ1) is 18.2. The Balaban J connectivity index is 2.46. The van der Waals surface area contributed by atoms with Crippen LogP contribution < -0.4 is 4.74 Å². The topological polar surface area (TPSA) is 72.8 Å². The van der Waals surface area contributed by atoms with Crippen LogP contribution in [0.15, 0.2) is 24.3 Å². The monoisotopic (exact) mass is 308 g/mol. The fourth-order valence-corrected chi connectivity index (χ4v) is 1.57. The lowest BCUT2D eigenvalue weighted by Gasteiger charge is -2.17. The first-order valence-electron chi connectivity index (χ1n) is 7.19. The molecule has 0 bridgehead atoms. The van der Waals surface area contributed by atoms with Crippen LogP contribution in [0.3, 0.4) is 0 Å². The molecule has 5 heteroatoms. The minimum Gasteiger partial charge on any atom is -0.490 e. The molecule has 122 valence electrons. The van der Waals surface area contributed by atoms with Gasteiger partial charge in [0.2, 0.25) is 0 Å². The summed E-state index contributed by atoms with van der Waals surface area (Å²) in [6.07, 6.45) is 0. The van der Waals surface area contributed by atoms with Gasteiger partial charge in [-0.3, -0.25) is 9.59 Å². The summed E-state index contributed by atoms with van der Waals surface area (Å²) in [5.41, 5.74) is -1.51. The van der Waals surface area contributed by atoms with E-state index in [1.165, 1.54) is 13.8 Å². The molecule has 0 heterocycles. The third-order valence-electron chi connectivity index (χ3n) is 2.87. The average Bonchev–Trinajstić information content (AvgIpc) is 2.41. The molecule has 1 aromatic rings. The minimum atomic E-state index is -1.40. The van der Waals surface area contributed by atoms with Gasteiger partial charge < -0.3 is 14.6 Å². The van der Waals surface area contributed by atoms with Gasteiger partial charge in [0.25, 0.3) is 0 Å². The predicted molar refractivity (Wildman–Crippen MR) is 83.0 cm³/mol. The molecule has 1 rings (SSSR count). The van der Waals surface area contributed by atoms with Gasteiger partial charge in [-0.25, -0.2) is 0 Å². The normalized spacial score (nSPS) is 11.9. The van der Waals surface area contributed by atoms with Crippen LogP contribution >= 0.6 is 0 Å². The van der Waals surface area contributed by atoms with E-state index in [0.29, 0.717) is 11.3 Å². The van der Waals surface area contributed by atoms with E-state index in [4.69, 9.17) is 9.47 Å². The van der Waals surface area contributed by atoms with E-state index < -0.39 is 11.0 Å². The zero-order chi connectivity index (χ0) is 17.0. The van der Waals surface area contributed by atoms with Crippen molar-refractivity contribution < 1.29 is 24.2 Å². The highest BCUT2D eigenvalue weighted by Gasteiger charge is 2.25. The molecule has 0 saturated carbocycles. The van der Waals surface area contributed by atoms with Crippen LogP contribution in [0, 0.1) is 5.41 Å². The molecule has 5 nitrogen and oxygen atoms in total. The van der Waals surface area contributed by atoms with Crippen LogP contribution in [0.4, 0.5) is 0 Å². The number of ether oxygens (including phenoxy) is 2. The predicted octanol–water partition coefficient (Wildman–Crippen LogP) is 2.61. The van der Waals surface area contributed by atoms with Crippen molar-refractivity contribution in [1.29, 1.82) is 0 Å². The maximum atomic E-state index is 11.9. The molecule has 0 unspecified atom stereocenters. The van der Waals surface area contributed by atoms with E-state index in [9.17, 15) is 14.7 Å². The number of benzene rings is 1. The zero-order valence-electron chi connectivity index (χ0n) is 13.8. The standard InChI is InChI=1S/C17H24O5/c1-16(2,3)15(19)22-11-10-21-13-8-6-12(7-9-13)14(18)17(4,5)20/h6-9,20H,10-11H2,1-5H3. The summed E-state index contributed by atoms with van der Waals surface area (Å²) < 4.78 is 10.5. The Morgan fingerprint density at radius 2 is 1.55 bits per heavy atom. The molecule has 0 atom stereocenters. The molecule has 0 aliphatic carbocycles. The second-order valence-electron chi connectivity index (χ2n) is 6.65. The number of Topliss-reactive ketones (excluding diaryl/α,β-unsaturated/α-hetero) is 1. The fourth-order valence-electron chi connectivity index (χ4n) is 1.57. The number of carbonyl (C=O) groups is 2. The Morgan fingerprint density at radius 1 is 1.00 bits per heavy atom. The van der Waals surface area contributed by atoms with E-state index in [1.807, 2.05) is 0 Å². The summed E-state index contributed by atoms with van der Waals surface area (Å²) in [6.45, 7) is 8.66. The molecule has 0 spiro atoms. The minimum absolute atomic E-state index is 0.167. The fraction of sp³-hybridized carbons (Fsp3) is 0.529. The molecular weight excluding hydrogens is 284 g/mol.